The lowest BCUT2D eigenvalue weighted by molar-refractivity contribution is -0.121. The first-order valence-corrected chi connectivity index (χ1v) is 9.89. The Balaban J connectivity index is 1.81. The van der Waals surface area contributed by atoms with E-state index in [2.05, 4.69) is 5.32 Å². The number of sulfonamides is 1. The zero-order chi connectivity index (χ0) is 19.9. The Morgan fingerprint density at radius 2 is 1.81 bits per heavy atom. The fraction of sp³-hybridized carbons (Fsp3) is 0.316. The molecule has 0 spiro atoms. The van der Waals surface area contributed by atoms with Crippen LogP contribution in [0.25, 0.3) is 0 Å². The molecule has 0 aromatic heterocycles. The van der Waals surface area contributed by atoms with Crippen LogP contribution in [0.15, 0.2) is 53.4 Å². The van der Waals surface area contributed by atoms with Gasteiger partial charge >= 0.3 is 0 Å². The zero-order valence-electron chi connectivity index (χ0n) is 15.3. The van der Waals surface area contributed by atoms with Crippen molar-refractivity contribution in [1.82, 2.24) is 9.62 Å². The summed E-state index contributed by atoms with van der Waals surface area (Å²) >= 11 is 0. The van der Waals surface area contributed by atoms with Crippen LogP contribution in [0.2, 0.25) is 0 Å². The standard InChI is InChI=1S/C19H23FN2O4S/c1-22(27(24,25)17-11-9-16(20)10-12-17)13-5-8-19(23)21-14-15-6-3-4-7-18(15)26-2/h3-4,6-7,9-12H,5,8,13-14H2,1-2H3,(H,21,23). The largest absolute Gasteiger partial charge is 0.496 e. The number of hydrogen-bond acceptors (Lipinski definition) is 4. The number of nitrogens with one attached hydrogen (secondary N) is 1. The Morgan fingerprint density at radius 3 is 2.48 bits per heavy atom. The van der Waals surface area contributed by atoms with Gasteiger partial charge in [-0.05, 0) is 36.8 Å². The summed E-state index contributed by atoms with van der Waals surface area (Å²) < 4.78 is 44.1. The molecule has 0 bridgehead atoms. The maximum atomic E-state index is 12.9. The van der Waals surface area contributed by atoms with Crippen molar-refractivity contribution in [2.24, 2.45) is 0 Å². The van der Waals surface area contributed by atoms with E-state index in [1.165, 1.54) is 19.2 Å². The SMILES string of the molecule is COc1ccccc1CNC(=O)CCCN(C)S(=O)(=O)c1ccc(F)cc1. The van der Waals surface area contributed by atoms with E-state index < -0.39 is 15.8 Å². The van der Waals surface area contributed by atoms with Crippen molar-refractivity contribution >= 4 is 15.9 Å². The van der Waals surface area contributed by atoms with E-state index in [4.69, 9.17) is 4.74 Å². The van der Waals surface area contributed by atoms with Gasteiger partial charge in [0.05, 0.1) is 12.0 Å². The van der Waals surface area contributed by atoms with Crippen molar-refractivity contribution in [3.63, 3.8) is 0 Å². The van der Waals surface area contributed by atoms with Gasteiger partial charge in [0.25, 0.3) is 0 Å². The first kappa shape index (κ1) is 20.9. The smallest absolute Gasteiger partial charge is 0.242 e. The number of nitrogens with zero attached hydrogens (tertiary/aromatic N) is 1. The first-order chi connectivity index (χ1) is 12.8. The topological polar surface area (TPSA) is 75.7 Å². The molecule has 0 heterocycles. The summed E-state index contributed by atoms with van der Waals surface area (Å²) in [7, 11) is -0.696. The van der Waals surface area contributed by atoms with Crippen molar-refractivity contribution in [1.29, 1.82) is 0 Å². The van der Waals surface area contributed by atoms with E-state index in [0.717, 1.165) is 22.0 Å². The molecule has 0 fully saturated rings. The van der Waals surface area contributed by atoms with Gasteiger partial charge in [-0.2, -0.15) is 0 Å². The Hall–Kier alpha value is -2.45. The van der Waals surface area contributed by atoms with Gasteiger partial charge in [0.1, 0.15) is 11.6 Å². The van der Waals surface area contributed by atoms with E-state index in [9.17, 15) is 17.6 Å². The average Bonchev–Trinajstić information content (AvgIpc) is 2.66. The lowest BCUT2D eigenvalue weighted by Gasteiger charge is -2.17. The number of halogens is 1. The minimum atomic E-state index is -3.70. The van der Waals surface area contributed by atoms with Crippen LogP contribution >= 0.6 is 0 Å². The van der Waals surface area contributed by atoms with Gasteiger partial charge in [0.2, 0.25) is 15.9 Å². The Bertz CT molecular complexity index is 870. The molecule has 0 aliphatic heterocycles. The van der Waals surface area contributed by atoms with Crippen LogP contribution in [-0.4, -0.2) is 39.3 Å². The van der Waals surface area contributed by atoms with Crippen LogP contribution in [0.5, 0.6) is 5.75 Å². The summed E-state index contributed by atoms with van der Waals surface area (Å²) in [6.07, 6.45) is 0.563. The molecule has 0 saturated heterocycles. The van der Waals surface area contributed by atoms with Gasteiger partial charge in [0.15, 0.2) is 0 Å². The van der Waals surface area contributed by atoms with Gasteiger partial charge in [-0.15, -0.1) is 0 Å². The number of ether oxygens (including phenoxy) is 1. The lowest BCUT2D eigenvalue weighted by atomic mass is 10.2. The second-order valence-electron chi connectivity index (χ2n) is 5.97. The third-order valence-corrected chi connectivity index (χ3v) is 5.94. The zero-order valence-corrected chi connectivity index (χ0v) is 16.1. The van der Waals surface area contributed by atoms with Crippen LogP contribution in [0.4, 0.5) is 4.39 Å². The van der Waals surface area contributed by atoms with Crippen LogP contribution in [0.1, 0.15) is 18.4 Å². The molecule has 0 aliphatic carbocycles. The fourth-order valence-electron chi connectivity index (χ4n) is 2.50. The lowest BCUT2D eigenvalue weighted by Crippen LogP contribution is -2.29. The van der Waals surface area contributed by atoms with E-state index in [1.807, 2.05) is 24.3 Å². The molecule has 2 rings (SSSR count). The monoisotopic (exact) mass is 394 g/mol. The van der Waals surface area contributed by atoms with Gasteiger partial charge in [-0.3, -0.25) is 4.79 Å². The van der Waals surface area contributed by atoms with E-state index >= 15 is 0 Å². The highest BCUT2D eigenvalue weighted by molar-refractivity contribution is 7.89. The summed E-state index contributed by atoms with van der Waals surface area (Å²) in [6, 6.07) is 12.0. The molecule has 1 amide bonds. The number of para-hydroxylation sites is 1. The van der Waals surface area contributed by atoms with Crippen molar-refractivity contribution in [2.75, 3.05) is 20.7 Å². The summed E-state index contributed by atoms with van der Waals surface area (Å²) in [4.78, 5) is 12.0. The molecule has 0 radical (unpaired) electrons. The van der Waals surface area contributed by atoms with Crippen LogP contribution in [0.3, 0.4) is 0 Å². The Kier molecular flexibility index (Phi) is 7.32. The predicted molar refractivity (Wildman–Crippen MR) is 100 cm³/mol. The van der Waals surface area contributed by atoms with Gasteiger partial charge in [-0.1, -0.05) is 18.2 Å². The van der Waals surface area contributed by atoms with Crippen LogP contribution < -0.4 is 10.1 Å². The molecule has 146 valence electrons. The fourth-order valence-corrected chi connectivity index (χ4v) is 3.71. The number of amides is 1. The van der Waals surface area contributed by atoms with Crippen molar-refractivity contribution in [3.05, 3.63) is 59.9 Å². The summed E-state index contributed by atoms with van der Waals surface area (Å²) in [5, 5.41) is 2.80. The minimum Gasteiger partial charge on any atom is -0.496 e. The average molecular weight is 394 g/mol. The summed E-state index contributed by atoms with van der Waals surface area (Å²) in [6.45, 7) is 0.522. The Morgan fingerprint density at radius 1 is 1.15 bits per heavy atom. The predicted octanol–water partition coefficient (Wildman–Crippen LogP) is 2.55. The van der Waals surface area contributed by atoms with Crippen LogP contribution in [0, 0.1) is 5.82 Å². The number of rotatable bonds is 9. The molecule has 0 saturated carbocycles. The highest BCUT2D eigenvalue weighted by Gasteiger charge is 2.20. The van der Waals surface area contributed by atoms with Gasteiger partial charge < -0.3 is 10.1 Å². The van der Waals surface area contributed by atoms with Crippen molar-refractivity contribution in [3.8, 4) is 5.75 Å². The maximum absolute atomic E-state index is 12.9. The van der Waals surface area contributed by atoms with E-state index in [-0.39, 0.29) is 23.8 Å². The van der Waals surface area contributed by atoms with E-state index in [0.29, 0.717) is 18.7 Å². The third-order valence-electron chi connectivity index (χ3n) is 4.07. The molecule has 0 atom stereocenters. The quantitative estimate of drug-likeness (QED) is 0.709. The van der Waals surface area contributed by atoms with E-state index in [1.54, 1.807) is 7.11 Å². The number of benzene rings is 2. The second kappa shape index (κ2) is 9.48. The summed E-state index contributed by atoms with van der Waals surface area (Å²) in [5.41, 5.74) is 0.865. The maximum Gasteiger partial charge on any atom is 0.242 e. The molecular weight excluding hydrogens is 371 g/mol. The van der Waals surface area contributed by atoms with Crippen molar-refractivity contribution < 1.29 is 22.3 Å². The number of methoxy groups -OCH3 is 1. The number of carbonyl (C=O) groups is 1. The second-order valence-corrected chi connectivity index (χ2v) is 8.02. The molecule has 1 N–H and O–H groups in total. The molecule has 0 aliphatic rings. The Labute approximate surface area is 159 Å². The first-order valence-electron chi connectivity index (χ1n) is 8.45. The highest BCUT2D eigenvalue weighted by Crippen LogP contribution is 2.17. The molecule has 6 nitrogen and oxygen atoms in total. The molecule has 0 unspecified atom stereocenters. The van der Waals surface area contributed by atoms with Gasteiger partial charge in [-0.25, -0.2) is 17.1 Å². The molecular formula is C19H23FN2O4S. The third kappa shape index (κ3) is 5.77. The van der Waals surface area contributed by atoms with Gasteiger partial charge in [0, 0.05) is 32.1 Å². The summed E-state index contributed by atoms with van der Waals surface area (Å²) in [5.74, 6) is 0.0275. The minimum absolute atomic E-state index is 0.0204. The number of hydrogen-bond donors (Lipinski definition) is 1. The van der Waals surface area contributed by atoms with Crippen molar-refractivity contribution in [2.45, 2.75) is 24.3 Å². The molecule has 2 aromatic rings. The highest BCUT2D eigenvalue weighted by atomic mass is 32.2. The molecule has 8 heteroatoms. The molecule has 27 heavy (non-hydrogen) atoms. The molecule has 2 aromatic carbocycles. The number of carbonyl (C=O) groups excluding carboxylic acids is 1. The normalized spacial score (nSPS) is 11.4. The van der Waals surface area contributed by atoms with Crippen LogP contribution in [-0.2, 0) is 21.4 Å².